The van der Waals surface area contributed by atoms with Crippen molar-refractivity contribution < 1.29 is 19.1 Å². The number of para-hydroxylation sites is 1. The molecule has 0 bridgehead atoms. The van der Waals surface area contributed by atoms with Gasteiger partial charge in [0.15, 0.2) is 6.10 Å². The average Bonchev–Trinajstić information content (AvgIpc) is 2.62. The predicted octanol–water partition coefficient (Wildman–Crippen LogP) is 2.39. The van der Waals surface area contributed by atoms with Crippen molar-refractivity contribution in [1.82, 2.24) is 4.90 Å². The highest BCUT2D eigenvalue weighted by atomic mass is 35.5. The van der Waals surface area contributed by atoms with Crippen molar-refractivity contribution in [3.63, 3.8) is 0 Å². The minimum Gasteiger partial charge on any atom is -0.378 e. The first-order chi connectivity index (χ1) is 12.0. The molecule has 1 aliphatic rings. The van der Waals surface area contributed by atoms with Crippen molar-refractivity contribution in [3.8, 4) is 0 Å². The van der Waals surface area contributed by atoms with Crippen LogP contribution in [-0.2, 0) is 9.59 Å². The zero-order valence-corrected chi connectivity index (χ0v) is 14.0. The van der Waals surface area contributed by atoms with Crippen LogP contribution >= 0.6 is 11.6 Å². The van der Waals surface area contributed by atoms with Crippen molar-refractivity contribution in [1.29, 1.82) is 0 Å². The maximum absolute atomic E-state index is 13.0. The van der Waals surface area contributed by atoms with Gasteiger partial charge in [-0.1, -0.05) is 35.9 Å². The molecule has 1 N–H and O–H groups in total. The number of aliphatic hydroxyl groups is 1. The van der Waals surface area contributed by atoms with Crippen LogP contribution in [0.2, 0.25) is 5.02 Å². The summed E-state index contributed by atoms with van der Waals surface area (Å²) in [5.41, 5.74) is 0.882. The van der Waals surface area contributed by atoms with Crippen molar-refractivity contribution in [2.24, 2.45) is 0 Å². The first kappa shape index (κ1) is 17.4. The Bertz CT molecular complexity index is 797. The zero-order chi connectivity index (χ0) is 18.0. The first-order valence-electron chi connectivity index (χ1n) is 7.74. The Morgan fingerprint density at radius 1 is 1.12 bits per heavy atom. The molecule has 1 atom stereocenters. The van der Waals surface area contributed by atoms with Crippen LogP contribution in [0.3, 0.4) is 0 Å². The molecule has 2 amide bonds. The van der Waals surface area contributed by atoms with E-state index in [1.54, 1.807) is 24.3 Å². The number of hydrogen-bond acceptors (Lipinski definition) is 3. The monoisotopic (exact) mass is 362 g/mol. The van der Waals surface area contributed by atoms with Crippen LogP contribution in [-0.4, -0.2) is 41.5 Å². The number of hydrogen-bond donors (Lipinski definition) is 1. The Morgan fingerprint density at radius 2 is 1.80 bits per heavy atom. The quantitative estimate of drug-likeness (QED) is 0.912. The molecule has 2 aromatic carbocycles. The lowest BCUT2D eigenvalue weighted by molar-refractivity contribution is -0.144. The molecule has 0 aromatic heterocycles. The SMILES string of the molecule is O=C([C@@H](O)c1ccc(F)cc1)N1CCN(c2ccccc2Cl)C(=O)C1. The Hall–Kier alpha value is -2.44. The van der Waals surface area contributed by atoms with Gasteiger partial charge in [-0.3, -0.25) is 9.59 Å². The molecule has 7 heteroatoms. The van der Waals surface area contributed by atoms with E-state index in [2.05, 4.69) is 0 Å². The second-order valence-electron chi connectivity index (χ2n) is 5.71. The van der Waals surface area contributed by atoms with Crippen LogP contribution in [0.4, 0.5) is 10.1 Å². The number of piperazine rings is 1. The van der Waals surface area contributed by atoms with E-state index in [4.69, 9.17) is 11.6 Å². The summed E-state index contributed by atoms with van der Waals surface area (Å²) in [6.07, 6.45) is -1.43. The van der Waals surface area contributed by atoms with E-state index in [-0.39, 0.29) is 31.1 Å². The number of carbonyl (C=O) groups excluding carboxylic acids is 2. The van der Waals surface area contributed by atoms with Crippen LogP contribution in [0.5, 0.6) is 0 Å². The molecule has 0 unspecified atom stereocenters. The number of amides is 2. The van der Waals surface area contributed by atoms with Gasteiger partial charge in [0.25, 0.3) is 5.91 Å². The van der Waals surface area contributed by atoms with Gasteiger partial charge >= 0.3 is 0 Å². The Morgan fingerprint density at radius 3 is 2.44 bits per heavy atom. The van der Waals surface area contributed by atoms with Gasteiger partial charge in [0.1, 0.15) is 12.4 Å². The number of halogens is 2. The minimum atomic E-state index is -1.43. The van der Waals surface area contributed by atoms with Gasteiger partial charge in [-0.05, 0) is 29.8 Å². The van der Waals surface area contributed by atoms with Gasteiger partial charge in [0.05, 0.1) is 10.7 Å². The number of rotatable bonds is 3. The summed E-state index contributed by atoms with van der Waals surface area (Å²) in [6, 6.07) is 12.0. The summed E-state index contributed by atoms with van der Waals surface area (Å²) in [5.74, 6) is -1.32. The maximum Gasteiger partial charge on any atom is 0.256 e. The average molecular weight is 363 g/mol. The molecule has 0 saturated carbocycles. The number of aliphatic hydroxyl groups excluding tert-OH is 1. The molecule has 0 radical (unpaired) electrons. The zero-order valence-electron chi connectivity index (χ0n) is 13.2. The second kappa shape index (κ2) is 7.21. The van der Waals surface area contributed by atoms with E-state index in [1.165, 1.54) is 34.1 Å². The van der Waals surface area contributed by atoms with Gasteiger partial charge in [-0.15, -0.1) is 0 Å². The lowest BCUT2D eigenvalue weighted by Gasteiger charge is -2.35. The minimum absolute atomic E-state index is 0.150. The predicted molar refractivity (Wildman–Crippen MR) is 91.7 cm³/mol. The smallest absolute Gasteiger partial charge is 0.256 e. The Kier molecular flexibility index (Phi) is 5.01. The summed E-state index contributed by atoms with van der Waals surface area (Å²) in [7, 11) is 0. The van der Waals surface area contributed by atoms with Crippen molar-refractivity contribution in [3.05, 3.63) is 64.9 Å². The van der Waals surface area contributed by atoms with Gasteiger partial charge < -0.3 is 14.9 Å². The standard InChI is InChI=1S/C18H16ClFN2O3/c19-14-3-1-2-4-15(14)22-10-9-21(11-16(22)23)18(25)17(24)12-5-7-13(20)8-6-12/h1-8,17,24H,9-11H2/t17-/m0/s1. The second-order valence-corrected chi connectivity index (χ2v) is 6.12. The lowest BCUT2D eigenvalue weighted by Crippen LogP contribution is -2.53. The molecule has 1 saturated heterocycles. The van der Waals surface area contributed by atoms with E-state index in [0.29, 0.717) is 10.7 Å². The van der Waals surface area contributed by atoms with Crippen LogP contribution < -0.4 is 4.90 Å². The Balaban J connectivity index is 1.70. The highest BCUT2D eigenvalue weighted by molar-refractivity contribution is 6.33. The molecule has 25 heavy (non-hydrogen) atoms. The number of anilines is 1. The summed E-state index contributed by atoms with van der Waals surface area (Å²) < 4.78 is 13.0. The summed E-state index contributed by atoms with van der Waals surface area (Å²) in [6.45, 7) is 0.404. The Labute approximate surface area is 149 Å². The molecule has 1 heterocycles. The van der Waals surface area contributed by atoms with E-state index < -0.39 is 17.8 Å². The summed E-state index contributed by atoms with van der Waals surface area (Å²) >= 11 is 6.12. The maximum atomic E-state index is 13.0. The lowest BCUT2D eigenvalue weighted by atomic mass is 10.1. The molecule has 1 fully saturated rings. The molecular weight excluding hydrogens is 347 g/mol. The normalized spacial score (nSPS) is 16.0. The molecule has 0 spiro atoms. The van der Waals surface area contributed by atoms with E-state index >= 15 is 0 Å². The molecule has 2 aromatic rings. The van der Waals surface area contributed by atoms with Crippen molar-refractivity contribution in [2.45, 2.75) is 6.10 Å². The largest absolute Gasteiger partial charge is 0.378 e. The highest BCUT2D eigenvalue weighted by Crippen LogP contribution is 2.27. The van der Waals surface area contributed by atoms with Gasteiger partial charge in [-0.2, -0.15) is 0 Å². The van der Waals surface area contributed by atoms with Gasteiger partial charge in [-0.25, -0.2) is 4.39 Å². The third kappa shape index (κ3) is 3.65. The van der Waals surface area contributed by atoms with Crippen LogP contribution in [0.1, 0.15) is 11.7 Å². The molecule has 130 valence electrons. The van der Waals surface area contributed by atoms with Crippen LogP contribution in [0.25, 0.3) is 0 Å². The fourth-order valence-corrected chi connectivity index (χ4v) is 2.98. The fraction of sp³-hybridized carbons (Fsp3) is 0.222. The fourth-order valence-electron chi connectivity index (χ4n) is 2.75. The third-order valence-electron chi connectivity index (χ3n) is 4.10. The third-order valence-corrected chi connectivity index (χ3v) is 4.41. The van der Waals surface area contributed by atoms with Gasteiger partial charge in [0.2, 0.25) is 5.91 Å². The number of benzene rings is 2. The molecule has 5 nitrogen and oxygen atoms in total. The molecule has 0 aliphatic carbocycles. The molecule has 1 aliphatic heterocycles. The van der Waals surface area contributed by atoms with Crippen molar-refractivity contribution in [2.75, 3.05) is 24.5 Å². The topological polar surface area (TPSA) is 60.9 Å². The van der Waals surface area contributed by atoms with Crippen molar-refractivity contribution >= 4 is 29.1 Å². The van der Waals surface area contributed by atoms with Gasteiger partial charge in [0, 0.05) is 13.1 Å². The number of nitrogens with zero attached hydrogens (tertiary/aromatic N) is 2. The highest BCUT2D eigenvalue weighted by Gasteiger charge is 2.32. The van der Waals surface area contributed by atoms with Crippen LogP contribution in [0, 0.1) is 5.82 Å². The molecule has 3 rings (SSSR count). The number of carbonyl (C=O) groups is 2. The summed E-state index contributed by atoms with van der Waals surface area (Å²) in [4.78, 5) is 27.7. The van der Waals surface area contributed by atoms with Crippen LogP contribution in [0.15, 0.2) is 48.5 Å². The molecular formula is C18H16ClFN2O3. The van der Waals surface area contributed by atoms with E-state index in [1.807, 2.05) is 0 Å². The van der Waals surface area contributed by atoms with E-state index in [0.717, 1.165) is 0 Å². The summed E-state index contributed by atoms with van der Waals surface area (Å²) in [5, 5.41) is 10.6. The first-order valence-corrected chi connectivity index (χ1v) is 8.12. The van der Waals surface area contributed by atoms with E-state index in [9.17, 15) is 19.1 Å².